The average molecular weight is 940 g/mol. The molecule has 3 N–H and O–H groups in total. The van der Waals surface area contributed by atoms with Gasteiger partial charge in [0.05, 0.1) is 46.3 Å². The molecule has 332 valence electrons. The van der Waals surface area contributed by atoms with Crippen LogP contribution in [0.1, 0.15) is 56.1 Å². The Morgan fingerprint density at radius 2 is 1.67 bits per heavy atom. The molecule has 0 saturated carbocycles. The lowest BCUT2D eigenvalue weighted by Crippen LogP contribution is -2.53. The fourth-order valence-electron chi connectivity index (χ4n) is 9.00. The maximum absolute atomic E-state index is 13.5. The number of ether oxygens (including phenoxy) is 2. The van der Waals surface area contributed by atoms with Crippen LogP contribution >= 0.6 is 23.1 Å². The number of piperazine rings is 1. The number of aryl methyl sites for hydroxylation is 1. The van der Waals surface area contributed by atoms with Gasteiger partial charge >= 0.3 is 0 Å². The molecule has 3 aliphatic heterocycles. The third-order valence-corrected chi connectivity index (χ3v) is 14.4. The molecule has 0 radical (unpaired) electrons. The van der Waals surface area contributed by atoms with Crippen molar-refractivity contribution < 1.29 is 23.6 Å². The molecule has 15 nitrogen and oxygen atoms in total. The first kappa shape index (κ1) is 44.5. The van der Waals surface area contributed by atoms with Gasteiger partial charge in [-0.25, -0.2) is 4.98 Å². The van der Waals surface area contributed by atoms with Crippen molar-refractivity contribution in [2.75, 3.05) is 88.4 Å². The number of methoxy groups -OCH3 is 1. The number of anilines is 5. The van der Waals surface area contributed by atoms with Gasteiger partial charge in [0.25, 0.3) is 0 Å². The number of fused-ring (bicyclic) bond motifs is 1. The number of hydrogen-bond acceptors (Lipinski definition) is 14. The predicted octanol–water partition coefficient (Wildman–Crippen LogP) is 7.06. The molecule has 2 aromatic heterocycles. The Hall–Kier alpha value is -5.15. The first-order valence-corrected chi connectivity index (χ1v) is 25.2. The van der Waals surface area contributed by atoms with Gasteiger partial charge in [-0.05, 0) is 103 Å². The first-order valence-electron chi connectivity index (χ1n) is 21.8. The van der Waals surface area contributed by atoms with Crippen LogP contribution < -0.4 is 35.6 Å². The van der Waals surface area contributed by atoms with Crippen LogP contribution in [0.4, 0.5) is 28.8 Å². The van der Waals surface area contributed by atoms with E-state index in [1.165, 1.54) is 11.3 Å². The highest BCUT2D eigenvalue weighted by Gasteiger charge is 2.30. The van der Waals surface area contributed by atoms with Gasteiger partial charge < -0.3 is 34.5 Å². The number of nitrogens with zero attached hydrogens (tertiary/aromatic N) is 7. The van der Waals surface area contributed by atoms with Gasteiger partial charge in [0.1, 0.15) is 30.0 Å². The number of piperidine rings is 2. The Labute approximate surface area is 377 Å². The van der Waals surface area contributed by atoms with Gasteiger partial charge in [-0.15, -0.1) is 0 Å². The van der Waals surface area contributed by atoms with Crippen LogP contribution in [0.15, 0.2) is 71.6 Å². The zero-order chi connectivity index (χ0) is 44.1. The number of carbonyl (C=O) groups is 2. The first-order chi connectivity index (χ1) is 30.5. The lowest BCUT2D eigenvalue weighted by atomic mass is 9.90. The molecule has 3 aliphatic rings. The molecular formula is C46H56BrN10O5P. The topological polar surface area (TPSA) is 167 Å². The summed E-state index contributed by atoms with van der Waals surface area (Å²) >= 11 is 3.60. The summed E-state index contributed by atoms with van der Waals surface area (Å²) in [6.07, 6.45) is 9.88. The van der Waals surface area contributed by atoms with E-state index in [1.54, 1.807) is 39.0 Å². The predicted molar refractivity (Wildman–Crippen MR) is 252 cm³/mol. The summed E-state index contributed by atoms with van der Waals surface area (Å²) < 4.78 is 26.2. The number of imide groups is 1. The minimum absolute atomic E-state index is 0.197. The quantitative estimate of drug-likeness (QED) is 0.0555. The molecule has 17 heteroatoms. The SMILES string of the molecule is CCc1cc(Nc2ncc(Br)c(Nc3ccc4nccnc4c3P(C)(C)=O)n2)c(OC)cc1N1CCC(N2CCN(CCCOc3ccc(C4CCC(=O)NC4=O)cc3)CC2)CC1. The third kappa shape index (κ3) is 10.5. The van der Waals surface area contributed by atoms with E-state index in [0.29, 0.717) is 69.5 Å². The maximum atomic E-state index is 13.5. The molecule has 0 spiro atoms. The third-order valence-electron chi connectivity index (χ3n) is 12.3. The minimum Gasteiger partial charge on any atom is -0.494 e. The number of nitrogens with one attached hydrogen (secondary N) is 3. The molecule has 3 fully saturated rings. The molecule has 5 aromatic rings. The second-order valence-electron chi connectivity index (χ2n) is 16.8. The number of amides is 2. The molecule has 63 heavy (non-hydrogen) atoms. The highest BCUT2D eigenvalue weighted by Crippen LogP contribution is 2.42. The van der Waals surface area contributed by atoms with E-state index >= 15 is 0 Å². The lowest BCUT2D eigenvalue weighted by Gasteiger charge is -2.43. The van der Waals surface area contributed by atoms with E-state index in [1.807, 2.05) is 36.4 Å². The van der Waals surface area contributed by atoms with Crippen LogP contribution in [0.2, 0.25) is 0 Å². The molecule has 1 atom stereocenters. The van der Waals surface area contributed by atoms with E-state index in [4.69, 9.17) is 14.5 Å². The normalized spacial score (nSPS) is 18.0. The molecular weight excluding hydrogens is 883 g/mol. The summed E-state index contributed by atoms with van der Waals surface area (Å²) in [5.41, 5.74) is 6.04. The number of aromatic nitrogens is 4. The number of rotatable bonds is 15. The van der Waals surface area contributed by atoms with E-state index in [2.05, 4.69) is 80.6 Å². The van der Waals surface area contributed by atoms with Crippen LogP contribution in [0.3, 0.4) is 0 Å². The van der Waals surface area contributed by atoms with Crippen molar-refractivity contribution in [1.29, 1.82) is 0 Å². The van der Waals surface area contributed by atoms with Crippen LogP contribution in [-0.2, 0) is 20.6 Å². The Morgan fingerprint density at radius 3 is 2.38 bits per heavy atom. The fourth-order valence-corrected chi connectivity index (χ4v) is 10.7. The van der Waals surface area contributed by atoms with Crippen molar-refractivity contribution >= 4 is 80.1 Å². The molecule has 1 unspecified atom stereocenters. The molecule has 0 bridgehead atoms. The minimum atomic E-state index is -2.77. The van der Waals surface area contributed by atoms with E-state index < -0.39 is 7.14 Å². The maximum Gasteiger partial charge on any atom is 0.234 e. The average Bonchev–Trinajstić information content (AvgIpc) is 3.29. The van der Waals surface area contributed by atoms with Crippen molar-refractivity contribution in [1.82, 2.24) is 35.1 Å². The summed E-state index contributed by atoms with van der Waals surface area (Å²) in [7, 11) is -1.08. The van der Waals surface area contributed by atoms with E-state index in [9.17, 15) is 14.2 Å². The fraction of sp³-hybridized carbons (Fsp3) is 0.435. The Morgan fingerprint density at radius 1 is 0.905 bits per heavy atom. The molecule has 2 amide bonds. The Kier molecular flexibility index (Phi) is 13.9. The lowest BCUT2D eigenvalue weighted by molar-refractivity contribution is -0.134. The monoisotopic (exact) mass is 938 g/mol. The van der Waals surface area contributed by atoms with Crippen LogP contribution in [0.5, 0.6) is 11.5 Å². The van der Waals surface area contributed by atoms with Crippen molar-refractivity contribution in [3.8, 4) is 11.5 Å². The largest absolute Gasteiger partial charge is 0.494 e. The Bertz CT molecular complexity index is 2490. The van der Waals surface area contributed by atoms with Crippen LogP contribution in [-0.4, -0.2) is 120 Å². The zero-order valence-electron chi connectivity index (χ0n) is 36.4. The van der Waals surface area contributed by atoms with Crippen molar-refractivity contribution in [3.63, 3.8) is 0 Å². The van der Waals surface area contributed by atoms with Gasteiger partial charge in [-0.1, -0.05) is 19.1 Å². The standard InChI is InChI=1S/C46H56BrN10O5P/c1-5-30-27-38(52-46-50-29-35(47)44(54-46)51-37-13-12-36-42(49-18-17-48-36)43(37)63(3,4)60)40(61-2)28-39(30)57-20-15-32(16-21-57)56-24-22-55(23-25-56)19-6-26-62-33-9-7-31(8-10-33)34-11-14-41(58)53-45(34)59/h7-10,12-13,17-18,27-29,32,34H,5-6,11,14-16,19-26H2,1-4H3,(H,53,58,59)(H2,50,51,52,54). The second-order valence-corrected chi connectivity index (χ2v) is 20.8. The molecule has 3 saturated heterocycles. The highest BCUT2D eigenvalue weighted by molar-refractivity contribution is 9.10. The van der Waals surface area contributed by atoms with Crippen molar-refractivity contribution in [2.24, 2.45) is 0 Å². The molecule has 0 aliphatic carbocycles. The van der Waals surface area contributed by atoms with Crippen molar-refractivity contribution in [2.45, 2.75) is 57.4 Å². The van der Waals surface area contributed by atoms with E-state index in [-0.39, 0.29) is 17.7 Å². The second kappa shape index (κ2) is 19.7. The highest BCUT2D eigenvalue weighted by atomic mass is 79.9. The molecule has 8 rings (SSSR count). The number of carbonyl (C=O) groups excluding carboxylic acids is 2. The molecule has 5 heterocycles. The summed E-state index contributed by atoms with van der Waals surface area (Å²) in [6, 6.07) is 16.3. The van der Waals surface area contributed by atoms with E-state index in [0.717, 1.165) is 88.5 Å². The number of hydrogen-bond donors (Lipinski definition) is 3. The summed E-state index contributed by atoms with van der Waals surface area (Å²) in [6.45, 7) is 13.5. The number of benzene rings is 3. The summed E-state index contributed by atoms with van der Waals surface area (Å²) in [4.78, 5) is 49.7. The van der Waals surface area contributed by atoms with Gasteiger partial charge in [0, 0.05) is 88.6 Å². The Balaban J connectivity index is 0.825. The van der Waals surface area contributed by atoms with Crippen LogP contribution in [0, 0.1) is 0 Å². The number of halogens is 1. The zero-order valence-corrected chi connectivity index (χ0v) is 38.9. The van der Waals surface area contributed by atoms with Gasteiger partial charge in [0.2, 0.25) is 17.8 Å². The summed E-state index contributed by atoms with van der Waals surface area (Å²) in [5.74, 6) is 1.72. The van der Waals surface area contributed by atoms with Crippen molar-refractivity contribution in [3.05, 3.63) is 82.7 Å². The van der Waals surface area contributed by atoms with Crippen LogP contribution in [0.25, 0.3) is 11.0 Å². The smallest absolute Gasteiger partial charge is 0.234 e. The van der Waals surface area contributed by atoms with Gasteiger partial charge in [-0.3, -0.25) is 29.8 Å². The van der Waals surface area contributed by atoms with Gasteiger partial charge in [0.15, 0.2) is 0 Å². The molecule has 3 aromatic carbocycles. The summed E-state index contributed by atoms with van der Waals surface area (Å²) in [5, 5.41) is 9.85. The van der Waals surface area contributed by atoms with Gasteiger partial charge in [-0.2, -0.15) is 4.98 Å².